The Hall–Kier alpha value is -1.63. The fourth-order valence-electron chi connectivity index (χ4n) is 2.49. The molecular weight excluding hydrogens is 320 g/mol. The van der Waals surface area contributed by atoms with Gasteiger partial charge in [-0.2, -0.15) is 0 Å². The molecule has 0 spiro atoms. The molecule has 1 aliphatic rings. The Balaban J connectivity index is 0.00000264. The zero-order valence-electron chi connectivity index (χ0n) is 13.2. The molecule has 0 aliphatic carbocycles. The smallest absolute Gasteiger partial charge is 0.309 e. The number of anilines is 1. The van der Waals surface area contributed by atoms with Crippen LogP contribution in [0.25, 0.3) is 0 Å². The summed E-state index contributed by atoms with van der Waals surface area (Å²) < 4.78 is 9.93. The lowest BCUT2D eigenvalue weighted by atomic mass is 9.79. The number of nitrogens with one attached hydrogen (secondary N) is 1. The van der Waals surface area contributed by atoms with Gasteiger partial charge in [0, 0.05) is 25.4 Å². The molecule has 1 heterocycles. The van der Waals surface area contributed by atoms with Crippen LogP contribution in [0.4, 0.5) is 5.69 Å². The van der Waals surface area contributed by atoms with Gasteiger partial charge in [0.25, 0.3) is 0 Å². The second-order valence-corrected chi connectivity index (χ2v) is 5.50. The highest BCUT2D eigenvalue weighted by Crippen LogP contribution is 2.30. The van der Waals surface area contributed by atoms with E-state index in [0.29, 0.717) is 38.3 Å². The van der Waals surface area contributed by atoms with E-state index < -0.39 is 5.41 Å². The van der Waals surface area contributed by atoms with E-state index in [1.807, 2.05) is 0 Å². The number of halogens is 1. The van der Waals surface area contributed by atoms with Crippen molar-refractivity contribution in [2.75, 3.05) is 32.2 Å². The number of amides is 1. The van der Waals surface area contributed by atoms with Crippen molar-refractivity contribution >= 4 is 30.0 Å². The minimum Gasteiger partial charge on any atom is -0.469 e. The van der Waals surface area contributed by atoms with Gasteiger partial charge in [-0.3, -0.25) is 9.59 Å². The normalized spacial score (nSPS) is 16.1. The van der Waals surface area contributed by atoms with Crippen LogP contribution in [-0.2, 0) is 25.5 Å². The number of rotatable bonds is 5. The first-order chi connectivity index (χ1) is 10.6. The molecule has 0 atom stereocenters. The van der Waals surface area contributed by atoms with E-state index in [1.54, 1.807) is 24.3 Å². The highest BCUT2D eigenvalue weighted by atomic mass is 35.5. The van der Waals surface area contributed by atoms with E-state index in [9.17, 15) is 9.59 Å². The average molecular weight is 343 g/mol. The summed E-state index contributed by atoms with van der Waals surface area (Å²) in [7, 11) is 1.36. The van der Waals surface area contributed by atoms with Crippen molar-refractivity contribution in [2.45, 2.75) is 19.3 Å². The predicted octanol–water partition coefficient (Wildman–Crippen LogP) is 1.52. The summed E-state index contributed by atoms with van der Waals surface area (Å²) in [4.78, 5) is 23.7. The number of hydrogen-bond donors (Lipinski definition) is 2. The van der Waals surface area contributed by atoms with Gasteiger partial charge in [0.1, 0.15) is 0 Å². The molecule has 1 aromatic rings. The van der Waals surface area contributed by atoms with Crippen LogP contribution in [0.3, 0.4) is 0 Å². The number of esters is 1. The van der Waals surface area contributed by atoms with Crippen molar-refractivity contribution in [3.8, 4) is 0 Å². The minimum absolute atomic E-state index is 0. The lowest BCUT2D eigenvalue weighted by molar-refractivity contribution is -0.139. The molecule has 2 rings (SSSR count). The summed E-state index contributed by atoms with van der Waals surface area (Å²) >= 11 is 0. The summed E-state index contributed by atoms with van der Waals surface area (Å²) in [6.45, 7) is 1.42. The van der Waals surface area contributed by atoms with Crippen LogP contribution in [0, 0.1) is 5.41 Å². The van der Waals surface area contributed by atoms with Crippen LogP contribution in [0.5, 0.6) is 0 Å². The van der Waals surface area contributed by atoms with Crippen LogP contribution in [0.1, 0.15) is 18.4 Å². The third kappa shape index (κ3) is 4.92. The van der Waals surface area contributed by atoms with Crippen molar-refractivity contribution in [2.24, 2.45) is 11.1 Å². The summed E-state index contributed by atoms with van der Waals surface area (Å²) in [6, 6.07) is 7.15. The first-order valence-corrected chi connectivity index (χ1v) is 7.35. The van der Waals surface area contributed by atoms with Gasteiger partial charge in [-0.15, -0.1) is 12.4 Å². The molecule has 0 aromatic heterocycles. The van der Waals surface area contributed by atoms with E-state index >= 15 is 0 Å². The molecule has 7 heteroatoms. The Kier molecular flexibility index (Phi) is 7.48. The second-order valence-electron chi connectivity index (χ2n) is 5.50. The molecule has 128 valence electrons. The predicted molar refractivity (Wildman–Crippen MR) is 89.6 cm³/mol. The highest BCUT2D eigenvalue weighted by molar-refractivity contribution is 5.95. The van der Waals surface area contributed by atoms with Gasteiger partial charge >= 0.3 is 5.97 Å². The number of methoxy groups -OCH3 is 1. The minimum atomic E-state index is -0.553. The molecular formula is C16H23ClN2O4. The van der Waals surface area contributed by atoms with Crippen molar-refractivity contribution in [1.82, 2.24) is 0 Å². The quantitative estimate of drug-likeness (QED) is 0.792. The second kappa shape index (κ2) is 8.86. The Morgan fingerprint density at radius 2 is 1.87 bits per heavy atom. The molecule has 1 aliphatic heterocycles. The number of carbonyl (C=O) groups excluding carboxylic acids is 2. The standard InChI is InChI=1S/C16H22N2O4.ClH/c1-21-14(19)10-12-2-4-13(5-3-12)18-15(20)16(11-17)6-8-22-9-7-16;/h2-5H,6-11,17H2,1H3,(H,18,20);1H. The SMILES string of the molecule is COC(=O)Cc1ccc(NC(=O)C2(CN)CCOCC2)cc1.Cl. The van der Waals surface area contributed by atoms with Gasteiger partial charge in [0.05, 0.1) is 18.9 Å². The number of carbonyl (C=O) groups is 2. The summed E-state index contributed by atoms with van der Waals surface area (Å²) in [5.74, 6) is -0.361. The average Bonchev–Trinajstić information content (AvgIpc) is 2.57. The molecule has 0 bridgehead atoms. The maximum atomic E-state index is 12.5. The summed E-state index contributed by atoms with van der Waals surface area (Å²) in [5.41, 5.74) is 6.80. The molecule has 3 N–H and O–H groups in total. The number of hydrogen-bond acceptors (Lipinski definition) is 5. The van der Waals surface area contributed by atoms with E-state index in [-0.39, 0.29) is 30.7 Å². The van der Waals surface area contributed by atoms with E-state index in [1.165, 1.54) is 7.11 Å². The molecule has 1 saturated heterocycles. The van der Waals surface area contributed by atoms with Crippen molar-refractivity contribution in [3.05, 3.63) is 29.8 Å². The number of ether oxygens (including phenoxy) is 2. The number of nitrogens with two attached hydrogens (primary N) is 1. The summed E-state index contributed by atoms with van der Waals surface area (Å²) in [6.07, 6.45) is 1.49. The maximum Gasteiger partial charge on any atom is 0.309 e. The maximum absolute atomic E-state index is 12.5. The third-order valence-corrected chi connectivity index (χ3v) is 4.11. The van der Waals surface area contributed by atoms with Crippen LogP contribution in [0.15, 0.2) is 24.3 Å². The van der Waals surface area contributed by atoms with Crippen LogP contribution in [-0.4, -0.2) is 38.7 Å². The van der Waals surface area contributed by atoms with Crippen molar-refractivity contribution in [1.29, 1.82) is 0 Å². The van der Waals surface area contributed by atoms with Gasteiger partial charge in [0.15, 0.2) is 0 Å². The Morgan fingerprint density at radius 1 is 1.26 bits per heavy atom. The van der Waals surface area contributed by atoms with Crippen molar-refractivity contribution < 1.29 is 19.1 Å². The van der Waals surface area contributed by atoms with Crippen LogP contribution >= 0.6 is 12.4 Å². The molecule has 0 radical (unpaired) electrons. The molecule has 0 unspecified atom stereocenters. The van der Waals surface area contributed by atoms with E-state index in [0.717, 1.165) is 5.56 Å². The first-order valence-electron chi connectivity index (χ1n) is 7.35. The number of benzene rings is 1. The first kappa shape index (κ1) is 19.4. The fourth-order valence-corrected chi connectivity index (χ4v) is 2.49. The van der Waals surface area contributed by atoms with E-state index in [4.69, 9.17) is 10.5 Å². The molecule has 0 saturated carbocycles. The van der Waals surface area contributed by atoms with Gasteiger partial charge in [-0.1, -0.05) is 12.1 Å². The van der Waals surface area contributed by atoms with Gasteiger partial charge in [-0.25, -0.2) is 0 Å². The monoisotopic (exact) mass is 342 g/mol. The fraction of sp³-hybridized carbons (Fsp3) is 0.500. The third-order valence-electron chi connectivity index (χ3n) is 4.11. The summed E-state index contributed by atoms with van der Waals surface area (Å²) in [5, 5.41) is 2.91. The lowest BCUT2D eigenvalue weighted by Crippen LogP contribution is -2.46. The molecule has 1 amide bonds. The molecule has 1 aromatic carbocycles. The van der Waals surface area contributed by atoms with Crippen LogP contribution in [0.2, 0.25) is 0 Å². The Bertz CT molecular complexity index is 527. The molecule has 23 heavy (non-hydrogen) atoms. The zero-order chi connectivity index (χ0) is 16.0. The van der Waals surface area contributed by atoms with Crippen LogP contribution < -0.4 is 11.1 Å². The topological polar surface area (TPSA) is 90.7 Å². The van der Waals surface area contributed by atoms with Gasteiger partial charge < -0.3 is 20.5 Å². The zero-order valence-corrected chi connectivity index (χ0v) is 14.0. The largest absolute Gasteiger partial charge is 0.469 e. The van der Waals surface area contributed by atoms with Crippen molar-refractivity contribution in [3.63, 3.8) is 0 Å². The van der Waals surface area contributed by atoms with Gasteiger partial charge in [0.2, 0.25) is 5.91 Å². The Labute approximate surface area is 142 Å². The lowest BCUT2D eigenvalue weighted by Gasteiger charge is -2.34. The highest BCUT2D eigenvalue weighted by Gasteiger charge is 2.38. The van der Waals surface area contributed by atoms with E-state index in [2.05, 4.69) is 10.1 Å². The Morgan fingerprint density at radius 3 is 2.39 bits per heavy atom. The molecule has 1 fully saturated rings. The molecule has 6 nitrogen and oxygen atoms in total. The van der Waals surface area contributed by atoms with Gasteiger partial charge in [-0.05, 0) is 30.5 Å².